The van der Waals surface area contributed by atoms with E-state index < -0.39 is 5.60 Å². The number of fused-ring (bicyclic) bond motifs is 1. The van der Waals surface area contributed by atoms with Gasteiger partial charge in [0, 0.05) is 31.1 Å². The van der Waals surface area contributed by atoms with Crippen LogP contribution in [0.3, 0.4) is 0 Å². The van der Waals surface area contributed by atoms with Crippen molar-refractivity contribution in [2.45, 2.75) is 53.1 Å². The minimum Gasteiger partial charge on any atom is -0.477 e. The van der Waals surface area contributed by atoms with Crippen molar-refractivity contribution in [1.29, 1.82) is 0 Å². The molecule has 0 radical (unpaired) electrons. The third-order valence-electron chi connectivity index (χ3n) is 5.81. The van der Waals surface area contributed by atoms with Crippen LogP contribution < -0.4 is 14.4 Å². The average molecular weight is 408 g/mol. The number of amides is 1. The molecule has 1 atom stereocenters. The van der Waals surface area contributed by atoms with E-state index in [0.717, 1.165) is 33.7 Å². The number of para-hydroxylation sites is 1. The van der Waals surface area contributed by atoms with Gasteiger partial charge < -0.3 is 14.4 Å². The highest BCUT2D eigenvalue weighted by atomic mass is 16.5. The van der Waals surface area contributed by atoms with E-state index in [-0.39, 0.29) is 11.9 Å². The molecule has 0 spiro atoms. The molecule has 0 bridgehead atoms. The lowest BCUT2D eigenvalue weighted by molar-refractivity contribution is -0.134. The highest BCUT2D eigenvalue weighted by Gasteiger charge is 2.43. The molecule has 1 aliphatic heterocycles. The van der Waals surface area contributed by atoms with Crippen LogP contribution in [0.2, 0.25) is 0 Å². The molecule has 0 saturated carbocycles. The summed E-state index contributed by atoms with van der Waals surface area (Å²) in [5, 5.41) is 0. The summed E-state index contributed by atoms with van der Waals surface area (Å²) in [6.07, 6.45) is 2.91. The zero-order valence-corrected chi connectivity index (χ0v) is 18.4. The van der Waals surface area contributed by atoms with E-state index in [4.69, 9.17) is 9.47 Å². The van der Waals surface area contributed by atoms with Crippen molar-refractivity contribution >= 4 is 17.6 Å². The summed E-state index contributed by atoms with van der Waals surface area (Å²) in [4.78, 5) is 26.9. The summed E-state index contributed by atoms with van der Waals surface area (Å²) in [5.41, 5.74) is 3.44. The molecule has 5 nitrogen and oxygen atoms in total. The second kappa shape index (κ2) is 8.34. The normalized spacial score (nSPS) is 17.5. The van der Waals surface area contributed by atoms with E-state index in [1.807, 2.05) is 58.0 Å². The molecule has 3 rings (SSSR count). The van der Waals surface area contributed by atoms with Gasteiger partial charge in [-0.15, -0.1) is 6.58 Å². The van der Waals surface area contributed by atoms with E-state index in [2.05, 4.69) is 6.58 Å². The predicted molar refractivity (Wildman–Crippen MR) is 118 cm³/mol. The molecule has 0 saturated heterocycles. The minimum atomic E-state index is -1.00. The lowest BCUT2D eigenvalue weighted by atomic mass is 9.86. The SMILES string of the molecule is C=CCN(C(=O)C1(C)CCc2c(C)c(OC(C)=O)c(C)c(C)c2O1)c1ccccc1. The van der Waals surface area contributed by atoms with Gasteiger partial charge in [-0.1, -0.05) is 24.3 Å². The van der Waals surface area contributed by atoms with Gasteiger partial charge in [-0.3, -0.25) is 9.59 Å². The van der Waals surface area contributed by atoms with Crippen LogP contribution in [0.1, 0.15) is 42.5 Å². The van der Waals surface area contributed by atoms with E-state index in [1.165, 1.54) is 6.92 Å². The Morgan fingerprint density at radius 2 is 1.83 bits per heavy atom. The van der Waals surface area contributed by atoms with Crippen molar-refractivity contribution in [1.82, 2.24) is 0 Å². The van der Waals surface area contributed by atoms with Gasteiger partial charge in [0.05, 0.1) is 0 Å². The van der Waals surface area contributed by atoms with Crippen LogP contribution in [0.25, 0.3) is 0 Å². The Morgan fingerprint density at radius 3 is 2.43 bits per heavy atom. The molecule has 0 N–H and O–H groups in total. The van der Waals surface area contributed by atoms with Gasteiger partial charge in [0.15, 0.2) is 5.60 Å². The van der Waals surface area contributed by atoms with Crippen molar-refractivity contribution in [2.75, 3.05) is 11.4 Å². The first-order chi connectivity index (χ1) is 14.2. The van der Waals surface area contributed by atoms with Crippen molar-refractivity contribution in [3.63, 3.8) is 0 Å². The fourth-order valence-corrected chi connectivity index (χ4v) is 4.01. The van der Waals surface area contributed by atoms with Gasteiger partial charge in [-0.25, -0.2) is 0 Å². The first-order valence-electron chi connectivity index (χ1n) is 10.2. The van der Waals surface area contributed by atoms with Gasteiger partial charge >= 0.3 is 5.97 Å². The first-order valence-corrected chi connectivity index (χ1v) is 10.2. The van der Waals surface area contributed by atoms with Gasteiger partial charge in [0.25, 0.3) is 5.91 Å². The quantitative estimate of drug-likeness (QED) is 0.404. The fraction of sp³-hybridized carbons (Fsp3) is 0.360. The topological polar surface area (TPSA) is 55.8 Å². The molecule has 1 unspecified atom stereocenters. The summed E-state index contributed by atoms with van der Waals surface area (Å²) in [5.74, 6) is 0.864. The Bertz CT molecular complexity index is 996. The van der Waals surface area contributed by atoms with Crippen LogP contribution in [-0.2, 0) is 16.0 Å². The molecule has 2 aromatic rings. The second-order valence-electron chi connectivity index (χ2n) is 7.98. The molecule has 2 aromatic carbocycles. The van der Waals surface area contributed by atoms with Crippen LogP contribution >= 0.6 is 0 Å². The zero-order valence-electron chi connectivity index (χ0n) is 18.4. The highest BCUT2D eigenvalue weighted by molar-refractivity contribution is 6.00. The standard InChI is InChI=1S/C25H29NO4/c1-7-15-26(20-11-9-8-10-12-20)24(28)25(6)14-13-21-18(4)22(29-19(5)27)16(2)17(3)23(21)30-25/h7-12H,1,13-15H2,2-6H3. The Balaban J connectivity index is 2.01. The maximum absolute atomic E-state index is 13.6. The van der Waals surface area contributed by atoms with Crippen LogP contribution in [0.5, 0.6) is 11.5 Å². The largest absolute Gasteiger partial charge is 0.477 e. The lowest BCUT2D eigenvalue weighted by Crippen LogP contribution is -2.53. The lowest BCUT2D eigenvalue weighted by Gasteiger charge is -2.39. The number of esters is 1. The van der Waals surface area contributed by atoms with Gasteiger partial charge in [0.1, 0.15) is 11.5 Å². The summed E-state index contributed by atoms with van der Waals surface area (Å²) in [7, 11) is 0. The Hall–Kier alpha value is -3.08. The minimum absolute atomic E-state index is 0.0991. The molecule has 1 aliphatic rings. The number of carbonyl (C=O) groups excluding carboxylic acids is 2. The van der Waals surface area contributed by atoms with E-state index in [1.54, 1.807) is 11.0 Å². The monoisotopic (exact) mass is 407 g/mol. The number of nitrogens with zero attached hydrogens (tertiary/aromatic N) is 1. The van der Waals surface area contributed by atoms with Gasteiger partial charge in [-0.2, -0.15) is 0 Å². The van der Waals surface area contributed by atoms with Crippen LogP contribution in [0.15, 0.2) is 43.0 Å². The number of hydrogen-bond donors (Lipinski definition) is 0. The van der Waals surface area contributed by atoms with Crippen LogP contribution in [0.4, 0.5) is 5.69 Å². The van der Waals surface area contributed by atoms with Gasteiger partial charge in [-0.05, 0) is 62.9 Å². The average Bonchev–Trinajstić information content (AvgIpc) is 2.73. The van der Waals surface area contributed by atoms with E-state index in [0.29, 0.717) is 25.1 Å². The number of hydrogen-bond acceptors (Lipinski definition) is 4. The zero-order chi connectivity index (χ0) is 22.1. The van der Waals surface area contributed by atoms with Crippen LogP contribution in [-0.4, -0.2) is 24.0 Å². The summed E-state index contributed by atoms with van der Waals surface area (Å²) >= 11 is 0. The van der Waals surface area contributed by atoms with Crippen molar-refractivity contribution < 1.29 is 19.1 Å². The number of rotatable bonds is 5. The molecule has 0 fully saturated rings. The molecular weight excluding hydrogens is 378 g/mol. The predicted octanol–water partition coefficient (Wildman–Crippen LogP) is 4.84. The second-order valence-corrected chi connectivity index (χ2v) is 7.98. The molecule has 0 aliphatic carbocycles. The summed E-state index contributed by atoms with van der Waals surface area (Å²) < 4.78 is 11.9. The molecule has 30 heavy (non-hydrogen) atoms. The molecule has 1 heterocycles. The molecule has 1 amide bonds. The van der Waals surface area contributed by atoms with Crippen LogP contribution in [0, 0.1) is 20.8 Å². The number of carbonyl (C=O) groups is 2. The first kappa shape index (κ1) is 21.6. The van der Waals surface area contributed by atoms with E-state index in [9.17, 15) is 9.59 Å². The number of anilines is 1. The number of ether oxygens (including phenoxy) is 2. The van der Waals surface area contributed by atoms with E-state index >= 15 is 0 Å². The van der Waals surface area contributed by atoms with Crippen molar-refractivity contribution in [2.24, 2.45) is 0 Å². The Morgan fingerprint density at radius 1 is 1.17 bits per heavy atom. The summed E-state index contributed by atoms with van der Waals surface area (Å²) in [6, 6.07) is 9.56. The fourth-order valence-electron chi connectivity index (χ4n) is 4.01. The maximum Gasteiger partial charge on any atom is 0.308 e. The van der Waals surface area contributed by atoms with Crippen molar-refractivity contribution in [3.8, 4) is 11.5 Å². The Kier molecular flexibility index (Phi) is 6.01. The Labute approximate surface area is 178 Å². The molecule has 158 valence electrons. The smallest absolute Gasteiger partial charge is 0.308 e. The highest BCUT2D eigenvalue weighted by Crippen LogP contribution is 2.44. The number of benzene rings is 2. The molecule has 0 aromatic heterocycles. The third kappa shape index (κ3) is 3.84. The third-order valence-corrected chi connectivity index (χ3v) is 5.81. The molecular formula is C25H29NO4. The van der Waals surface area contributed by atoms with Crippen molar-refractivity contribution in [3.05, 3.63) is 65.2 Å². The van der Waals surface area contributed by atoms with Gasteiger partial charge in [0.2, 0.25) is 0 Å². The maximum atomic E-state index is 13.6. The molecule has 5 heteroatoms. The summed E-state index contributed by atoms with van der Waals surface area (Å²) in [6.45, 7) is 13.2.